The third kappa shape index (κ3) is 9.65. The van der Waals surface area contributed by atoms with Gasteiger partial charge in [-0.1, -0.05) is 41.9 Å². The second-order valence-electron chi connectivity index (χ2n) is 7.55. The van der Waals surface area contributed by atoms with E-state index in [-0.39, 0.29) is 36.5 Å². The molecule has 1 fully saturated rings. The van der Waals surface area contributed by atoms with Gasteiger partial charge in [0.2, 0.25) is 0 Å². The number of carbonyl (C=O) groups excluding carboxylic acids is 1. The molecule has 0 atom stereocenters. The third-order valence-corrected chi connectivity index (χ3v) is 5.26. The van der Waals surface area contributed by atoms with Crippen molar-refractivity contribution in [2.24, 2.45) is 4.99 Å². The Hall–Kier alpha value is -2.00. The smallest absolute Gasteiger partial charge is 0.258 e. The molecule has 8 heteroatoms. The molecule has 6 nitrogen and oxygen atoms in total. The highest BCUT2D eigenvalue weighted by atomic mass is 127. The minimum Gasteiger partial charge on any atom is -0.484 e. The van der Waals surface area contributed by atoms with Crippen molar-refractivity contribution in [3.05, 3.63) is 64.7 Å². The van der Waals surface area contributed by atoms with E-state index in [4.69, 9.17) is 16.3 Å². The summed E-state index contributed by atoms with van der Waals surface area (Å²) in [6.07, 6.45) is 3.82. The number of nitrogens with one attached hydrogen (secondary N) is 3. The Labute approximate surface area is 212 Å². The molecular formula is C24H32ClIN4O2. The van der Waals surface area contributed by atoms with Crippen molar-refractivity contribution in [3.8, 4) is 5.75 Å². The van der Waals surface area contributed by atoms with E-state index in [1.807, 2.05) is 48.5 Å². The van der Waals surface area contributed by atoms with Crippen molar-refractivity contribution >= 4 is 47.4 Å². The highest BCUT2D eigenvalue weighted by molar-refractivity contribution is 14.0. The fourth-order valence-electron chi connectivity index (χ4n) is 3.05. The van der Waals surface area contributed by atoms with Gasteiger partial charge in [-0.3, -0.25) is 9.79 Å². The summed E-state index contributed by atoms with van der Waals surface area (Å²) in [4.78, 5) is 16.3. The maximum atomic E-state index is 11.7. The Morgan fingerprint density at radius 3 is 2.53 bits per heavy atom. The second kappa shape index (κ2) is 14.2. The highest BCUT2D eigenvalue weighted by Gasteiger charge is 2.23. The fraction of sp³-hybridized carbons (Fsp3) is 0.417. The summed E-state index contributed by atoms with van der Waals surface area (Å²) in [6.45, 7) is 4.35. The molecular weight excluding hydrogens is 539 g/mol. The van der Waals surface area contributed by atoms with Gasteiger partial charge in [0, 0.05) is 30.7 Å². The highest BCUT2D eigenvalue weighted by Crippen LogP contribution is 2.18. The molecule has 0 radical (unpaired) electrons. The number of rotatable bonds is 11. The Morgan fingerprint density at radius 1 is 1.09 bits per heavy atom. The SMILES string of the molecule is CCNC(=NCCc1ccccc1Cl)NCCc1ccc(OCC(=O)NC2CC2)cc1.I. The third-order valence-electron chi connectivity index (χ3n) is 4.89. The first-order chi connectivity index (χ1) is 15.1. The van der Waals surface area contributed by atoms with E-state index >= 15 is 0 Å². The first-order valence-corrected chi connectivity index (χ1v) is 11.3. The van der Waals surface area contributed by atoms with E-state index in [0.29, 0.717) is 18.3 Å². The van der Waals surface area contributed by atoms with Crippen LogP contribution in [0.4, 0.5) is 0 Å². The van der Waals surface area contributed by atoms with Gasteiger partial charge < -0.3 is 20.7 Å². The molecule has 2 aromatic carbocycles. The lowest BCUT2D eigenvalue weighted by Gasteiger charge is -2.12. The van der Waals surface area contributed by atoms with Crippen LogP contribution >= 0.6 is 35.6 Å². The lowest BCUT2D eigenvalue weighted by Crippen LogP contribution is -2.38. The van der Waals surface area contributed by atoms with Crippen molar-refractivity contribution in [1.82, 2.24) is 16.0 Å². The minimum absolute atomic E-state index is 0. The summed E-state index contributed by atoms with van der Waals surface area (Å²) < 4.78 is 5.55. The van der Waals surface area contributed by atoms with Crippen LogP contribution in [0.1, 0.15) is 30.9 Å². The molecule has 0 spiro atoms. The van der Waals surface area contributed by atoms with Crippen molar-refractivity contribution in [2.45, 2.75) is 38.6 Å². The summed E-state index contributed by atoms with van der Waals surface area (Å²) >= 11 is 6.21. The number of hydrogen-bond acceptors (Lipinski definition) is 3. The van der Waals surface area contributed by atoms with Crippen LogP contribution in [-0.4, -0.2) is 44.1 Å². The molecule has 0 unspecified atom stereocenters. The Balaban J connectivity index is 0.00000363. The molecule has 1 amide bonds. The van der Waals surface area contributed by atoms with Crippen LogP contribution in [0.3, 0.4) is 0 Å². The van der Waals surface area contributed by atoms with Crippen LogP contribution in [0, 0.1) is 0 Å². The first-order valence-electron chi connectivity index (χ1n) is 10.9. The number of hydrogen-bond donors (Lipinski definition) is 3. The lowest BCUT2D eigenvalue weighted by atomic mass is 10.1. The van der Waals surface area contributed by atoms with Crippen LogP contribution in [0.25, 0.3) is 0 Å². The predicted octanol–water partition coefficient (Wildman–Crippen LogP) is 3.96. The monoisotopic (exact) mass is 570 g/mol. The van der Waals surface area contributed by atoms with Crippen molar-refractivity contribution in [2.75, 3.05) is 26.2 Å². The zero-order chi connectivity index (χ0) is 21.9. The first kappa shape index (κ1) is 26.3. The van der Waals surface area contributed by atoms with E-state index in [1.165, 1.54) is 5.56 Å². The van der Waals surface area contributed by atoms with Gasteiger partial charge in [0.05, 0.1) is 0 Å². The number of carbonyl (C=O) groups is 1. The Morgan fingerprint density at radius 2 is 1.84 bits per heavy atom. The largest absolute Gasteiger partial charge is 0.484 e. The predicted molar refractivity (Wildman–Crippen MR) is 141 cm³/mol. The summed E-state index contributed by atoms with van der Waals surface area (Å²) in [5.41, 5.74) is 2.30. The van der Waals surface area contributed by atoms with Gasteiger partial charge in [0.25, 0.3) is 5.91 Å². The molecule has 3 N–H and O–H groups in total. The fourth-order valence-corrected chi connectivity index (χ4v) is 3.28. The average Bonchev–Trinajstić information content (AvgIpc) is 3.58. The van der Waals surface area contributed by atoms with Gasteiger partial charge in [-0.25, -0.2) is 0 Å². The van der Waals surface area contributed by atoms with Gasteiger partial charge in [-0.2, -0.15) is 0 Å². The zero-order valence-corrected chi connectivity index (χ0v) is 21.5. The lowest BCUT2D eigenvalue weighted by molar-refractivity contribution is -0.123. The average molecular weight is 571 g/mol. The molecule has 0 bridgehead atoms. The number of halogens is 2. The molecule has 174 valence electrons. The minimum atomic E-state index is -0.0550. The summed E-state index contributed by atoms with van der Waals surface area (Å²) in [5, 5.41) is 10.3. The van der Waals surface area contributed by atoms with Crippen LogP contribution in [0.5, 0.6) is 5.75 Å². The van der Waals surface area contributed by atoms with Crippen molar-refractivity contribution < 1.29 is 9.53 Å². The van der Waals surface area contributed by atoms with Gasteiger partial charge in [-0.05, 0) is 61.9 Å². The van der Waals surface area contributed by atoms with Crippen LogP contribution < -0.4 is 20.7 Å². The van der Waals surface area contributed by atoms with E-state index in [0.717, 1.165) is 55.3 Å². The standard InChI is InChI=1S/C24H31ClN4O2.HI/c1-2-26-24(28-16-14-19-5-3-4-6-22(19)25)27-15-13-18-7-11-21(12-8-18)31-17-23(30)29-20-9-10-20;/h3-8,11-12,20H,2,9-10,13-17H2,1H3,(H,29,30)(H2,26,27,28);1H. The zero-order valence-electron chi connectivity index (χ0n) is 18.4. The number of amides is 1. The van der Waals surface area contributed by atoms with Gasteiger partial charge in [0.15, 0.2) is 12.6 Å². The summed E-state index contributed by atoms with van der Waals surface area (Å²) in [5.74, 6) is 1.45. The van der Waals surface area contributed by atoms with Crippen molar-refractivity contribution in [1.29, 1.82) is 0 Å². The molecule has 0 aliphatic heterocycles. The van der Waals surface area contributed by atoms with Gasteiger partial charge in [0.1, 0.15) is 5.75 Å². The number of guanidine groups is 1. The van der Waals surface area contributed by atoms with Gasteiger partial charge >= 0.3 is 0 Å². The molecule has 3 rings (SSSR count). The number of benzene rings is 2. The number of aliphatic imine (C=N–C) groups is 1. The number of ether oxygens (including phenoxy) is 1. The van der Waals surface area contributed by atoms with E-state index in [1.54, 1.807) is 0 Å². The molecule has 1 saturated carbocycles. The molecule has 1 aliphatic carbocycles. The normalized spacial score (nSPS) is 13.1. The molecule has 0 saturated heterocycles. The summed E-state index contributed by atoms with van der Waals surface area (Å²) in [6, 6.07) is 16.1. The maximum absolute atomic E-state index is 11.7. The molecule has 1 aliphatic rings. The van der Waals surface area contributed by atoms with Crippen LogP contribution in [0.15, 0.2) is 53.5 Å². The van der Waals surface area contributed by atoms with E-state index in [2.05, 4.69) is 27.9 Å². The second-order valence-corrected chi connectivity index (χ2v) is 7.96. The molecule has 2 aromatic rings. The molecule has 0 heterocycles. The maximum Gasteiger partial charge on any atom is 0.258 e. The summed E-state index contributed by atoms with van der Waals surface area (Å²) in [7, 11) is 0. The van der Waals surface area contributed by atoms with Gasteiger partial charge in [-0.15, -0.1) is 24.0 Å². The van der Waals surface area contributed by atoms with Crippen LogP contribution in [0.2, 0.25) is 5.02 Å². The number of nitrogens with zero attached hydrogens (tertiary/aromatic N) is 1. The van der Waals surface area contributed by atoms with E-state index in [9.17, 15) is 4.79 Å². The quantitative estimate of drug-likeness (QED) is 0.217. The Kier molecular flexibility index (Phi) is 11.7. The molecule has 32 heavy (non-hydrogen) atoms. The van der Waals surface area contributed by atoms with E-state index < -0.39 is 0 Å². The topological polar surface area (TPSA) is 74.8 Å². The van der Waals surface area contributed by atoms with Crippen LogP contribution in [-0.2, 0) is 17.6 Å². The van der Waals surface area contributed by atoms with Crippen molar-refractivity contribution in [3.63, 3.8) is 0 Å². The Bertz CT molecular complexity index is 873. The molecule has 0 aromatic heterocycles.